The quantitative estimate of drug-likeness (QED) is 0.444. The van der Waals surface area contributed by atoms with E-state index in [9.17, 15) is 27.6 Å². The number of alkyl halides is 3. The molecule has 0 radical (unpaired) electrons. The van der Waals surface area contributed by atoms with Crippen molar-refractivity contribution >= 4 is 17.8 Å². The van der Waals surface area contributed by atoms with E-state index < -0.39 is 36.5 Å². The summed E-state index contributed by atoms with van der Waals surface area (Å²) in [6.07, 6.45) is -3.98. The summed E-state index contributed by atoms with van der Waals surface area (Å²) in [6, 6.07) is -1.23. The molecule has 0 heterocycles. The Hall–Kier alpha value is -1.84. The first-order valence-corrected chi connectivity index (χ1v) is 5.75. The monoisotopic (exact) mass is 299 g/mol. The van der Waals surface area contributed by atoms with Gasteiger partial charge in [-0.1, -0.05) is 0 Å². The van der Waals surface area contributed by atoms with Crippen molar-refractivity contribution in [2.45, 2.75) is 31.5 Å². The number of carbonyl (C=O) groups excluding carboxylic acids is 2. The zero-order valence-electron chi connectivity index (χ0n) is 10.5. The van der Waals surface area contributed by atoms with Gasteiger partial charge in [0.2, 0.25) is 5.91 Å². The number of unbranched alkanes of at least 4 members (excludes halogenated alkanes) is 1. The second-order valence-corrected chi connectivity index (χ2v) is 3.92. The number of carboxylic acid groups (broad SMARTS) is 1. The van der Waals surface area contributed by atoms with Gasteiger partial charge in [0, 0.05) is 0 Å². The summed E-state index contributed by atoms with van der Waals surface area (Å²) in [5.74, 6) is -4.58. The molecule has 2 amide bonds. The average molecular weight is 299 g/mol. The Labute approximate surface area is 112 Å². The molecule has 0 saturated heterocycles. The first-order valence-electron chi connectivity index (χ1n) is 5.75. The maximum absolute atomic E-state index is 11.8. The molecule has 5 N–H and O–H groups in total. The van der Waals surface area contributed by atoms with Crippen LogP contribution in [0.15, 0.2) is 0 Å². The van der Waals surface area contributed by atoms with Crippen molar-refractivity contribution in [3.63, 3.8) is 0 Å². The Morgan fingerprint density at radius 1 is 1.20 bits per heavy atom. The molecule has 20 heavy (non-hydrogen) atoms. The van der Waals surface area contributed by atoms with Gasteiger partial charge in [0.1, 0.15) is 6.04 Å². The van der Waals surface area contributed by atoms with Crippen molar-refractivity contribution in [3.05, 3.63) is 0 Å². The molecular formula is C10H16F3N3O4. The number of hydrogen-bond donors (Lipinski definition) is 4. The van der Waals surface area contributed by atoms with Crippen LogP contribution in [-0.2, 0) is 14.4 Å². The van der Waals surface area contributed by atoms with Gasteiger partial charge in [-0.05, 0) is 25.8 Å². The molecule has 0 aromatic rings. The summed E-state index contributed by atoms with van der Waals surface area (Å²) in [4.78, 5) is 32.5. The van der Waals surface area contributed by atoms with E-state index in [1.165, 1.54) is 5.32 Å². The van der Waals surface area contributed by atoms with Crippen molar-refractivity contribution in [2.75, 3.05) is 13.1 Å². The Morgan fingerprint density at radius 3 is 2.25 bits per heavy atom. The van der Waals surface area contributed by atoms with E-state index in [2.05, 4.69) is 0 Å². The highest BCUT2D eigenvalue weighted by molar-refractivity contribution is 5.89. The zero-order valence-corrected chi connectivity index (χ0v) is 10.5. The molecule has 10 heteroatoms. The first-order chi connectivity index (χ1) is 9.18. The van der Waals surface area contributed by atoms with Gasteiger partial charge >= 0.3 is 18.1 Å². The molecule has 0 aliphatic rings. The molecule has 0 aliphatic heterocycles. The molecule has 0 aliphatic carbocycles. The molecule has 0 saturated carbocycles. The number of halogens is 3. The minimum absolute atomic E-state index is 0.103. The number of aliphatic carboxylic acids is 1. The first kappa shape index (κ1) is 18.2. The predicted octanol–water partition coefficient (Wildman–Crippen LogP) is -0.637. The molecule has 0 aromatic heterocycles. The molecule has 0 bridgehead atoms. The smallest absolute Gasteiger partial charge is 0.471 e. The third kappa shape index (κ3) is 7.56. The Morgan fingerprint density at radius 2 is 1.80 bits per heavy atom. The third-order valence-corrected chi connectivity index (χ3v) is 2.25. The van der Waals surface area contributed by atoms with E-state index in [4.69, 9.17) is 10.8 Å². The number of nitrogens with one attached hydrogen (secondary N) is 2. The third-order valence-electron chi connectivity index (χ3n) is 2.25. The summed E-state index contributed by atoms with van der Waals surface area (Å²) in [7, 11) is 0. The number of hydrogen-bond acceptors (Lipinski definition) is 4. The summed E-state index contributed by atoms with van der Waals surface area (Å²) in [6.45, 7) is -0.582. The van der Waals surface area contributed by atoms with Crippen LogP contribution in [0.2, 0.25) is 0 Å². The van der Waals surface area contributed by atoms with Crippen LogP contribution in [0.5, 0.6) is 0 Å². The molecule has 0 rings (SSSR count). The second kappa shape index (κ2) is 8.35. The van der Waals surface area contributed by atoms with Crippen molar-refractivity contribution in [1.29, 1.82) is 0 Å². The fourth-order valence-electron chi connectivity index (χ4n) is 1.26. The minimum atomic E-state index is -5.09. The van der Waals surface area contributed by atoms with Crippen molar-refractivity contribution in [2.24, 2.45) is 5.73 Å². The SMILES string of the molecule is NCCCC[C@H](NC(=O)CNC(=O)C(F)(F)F)C(=O)O. The topological polar surface area (TPSA) is 122 Å². The zero-order chi connectivity index (χ0) is 15.8. The average Bonchev–Trinajstić information content (AvgIpc) is 2.33. The summed E-state index contributed by atoms with van der Waals surface area (Å²) < 4.78 is 35.5. The maximum Gasteiger partial charge on any atom is 0.471 e. The number of carbonyl (C=O) groups is 3. The fourth-order valence-corrected chi connectivity index (χ4v) is 1.26. The summed E-state index contributed by atoms with van der Waals surface area (Å²) in [5.41, 5.74) is 5.23. The number of carboxylic acids is 1. The van der Waals surface area contributed by atoms with Crippen LogP contribution in [0.25, 0.3) is 0 Å². The van der Waals surface area contributed by atoms with Crippen LogP contribution in [0.1, 0.15) is 19.3 Å². The highest BCUT2D eigenvalue weighted by Crippen LogP contribution is 2.13. The van der Waals surface area contributed by atoms with Crippen LogP contribution >= 0.6 is 0 Å². The molecule has 116 valence electrons. The van der Waals surface area contributed by atoms with Gasteiger partial charge in [0.15, 0.2) is 0 Å². The predicted molar refractivity (Wildman–Crippen MR) is 61.5 cm³/mol. The van der Waals surface area contributed by atoms with E-state index in [0.717, 1.165) is 0 Å². The van der Waals surface area contributed by atoms with Gasteiger partial charge in [0.25, 0.3) is 0 Å². The highest BCUT2D eigenvalue weighted by Gasteiger charge is 2.38. The van der Waals surface area contributed by atoms with Crippen molar-refractivity contribution < 1.29 is 32.7 Å². The Balaban J connectivity index is 4.20. The van der Waals surface area contributed by atoms with Crippen LogP contribution < -0.4 is 16.4 Å². The van der Waals surface area contributed by atoms with Crippen molar-refractivity contribution in [3.8, 4) is 0 Å². The highest BCUT2D eigenvalue weighted by atomic mass is 19.4. The van der Waals surface area contributed by atoms with Gasteiger partial charge in [-0.15, -0.1) is 0 Å². The summed E-state index contributed by atoms with van der Waals surface area (Å²) >= 11 is 0. The van der Waals surface area contributed by atoms with Crippen LogP contribution in [0, 0.1) is 0 Å². The number of nitrogens with two attached hydrogens (primary N) is 1. The second-order valence-electron chi connectivity index (χ2n) is 3.92. The van der Waals surface area contributed by atoms with Gasteiger partial charge in [0.05, 0.1) is 6.54 Å². The molecule has 0 unspecified atom stereocenters. The molecular weight excluding hydrogens is 283 g/mol. The fraction of sp³-hybridized carbons (Fsp3) is 0.700. The molecule has 7 nitrogen and oxygen atoms in total. The lowest BCUT2D eigenvalue weighted by Gasteiger charge is -2.14. The lowest BCUT2D eigenvalue weighted by atomic mass is 10.1. The molecule has 0 fully saturated rings. The summed E-state index contributed by atoms with van der Waals surface area (Å²) in [5, 5.41) is 12.2. The van der Waals surface area contributed by atoms with Crippen LogP contribution in [0.4, 0.5) is 13.2 Å². The van der Waals surface area contributed by atoms with E-state index in [1.54, 1.807) is 0 Å². The largest absolute Gasteiger partial charge is 0.480 e. The number of rotatable bonds is 8. The van der Waals surface area contributed by atoms with Crippen molar-refractivity contribution in [1.82, 2.24) is 10.6 Å². The molecule has 1 atom stereocenters. The molecule has 0 aromatic carbocycles. The lowest BCUT2D eigenvalue weighted by molar-refractivity contribution is -0.173. The normalized spacial score (nSPS) is 12.6. The van der Waals surface area contributed by atoms with E-state index >= 15 is 0 Å². The van der Waals surface area contributed by atoms with Gasteiger partial charge in [-0.25, -0.2) is 4.79 Å². The van der Waals surface area contributed by atoms with E-state index in [-0.39, 0.29) is 6.42 Å². The standard InChI is InChI=1S/C10H16F3N3O4/c11-10(12,13)9(20)15-5-7(17)16-6(8(18)19)3-1-2-4-14/h6H,1-5,14H2,(H,15,20)(H,16,17)(H,18,19)/t6-/m0/s1. The lowest BCUT2D eigenvalue weighted by Crippen LogP contribution is -2.47. The van der Waals surface area contributed by atoms with Crippen LogP contribution in [-0.4, -0.2) is 48.2 Å². The maximum atomic E-state index is 11.8. The number of amides is 2. The van der Waals surface area contributed by atoms with Crippen LogP contribution in [0.3, 0.4) is 0 Å². The van der Waals surface area contributed by atoms with Gasteiger partial charge in [-0.2, -0.15) is 13.2 Å². The van der Waals surface area contributed by atoms with Gasteiger partial charge < -0.3 is 21.5 Å². The van der Waals surface area contributed by atoms with E-state index in [1.807, 2.05) is 5.32 Å². The Bertz CT molecular complexity index is 360. The molecule has 0 spiro atoms. The Kier molecular flexibility index (Phi) is 7.59. The van der Waals surface area contributed by atoms with E-state index in [0.29, 0.717) is 19.4 Å². The van der Waals surface area contributed by atoms with Gasteiger partial charge in [-0.3, -0.25) is 9.59 Å². The minimum Gasteiger partial charge on any atom is -0.480 e.